The summed E-state index contributed by atoms with van der Waals surface area (Å²) in [4.78, 5) is 12.1. The van der Waals surface area contributed by atoms with Crippen LogP contribution in [-0.2, 0) is 22.4 Å². The molecule has 0 saturated carbocycles. The van der Waals surface area contributed by atoms with E-state index in [1.54, 1.807) is 26.0 Å². The van der Waals surface area contributed by atoms with E-state index in [1.165, 1.54) is 11.1 Å². The molecule has 0 fully saturated rings. The number of rotatable bonds is 13. The van der Waals surface area contributed by atoms with Crippen molar-refractivity contribution in [1.82, 2.24) is 5.32 Å². The minimum Gasteiger partial charge on any atom is -0.486 e. The molecule has 0 saturated heterocycles. The highest BCUT2D eigenvalue weighted by molar-refractivity contribution is 6.43. The molecule has 8 heteroatoms. The van der Waals surface area contributed by atoms with Crippen LogP contribution >= 0.6 is 35.6 Å². The third-order valence-corrected chi connectivity index (χ3v) is 8.77. The van der Waals surface area contributed by atoms with Crippen molar-refractivity contribution in [2.75, 3.05) is 13.2 Å². The average molecular weight is 587 g/mol. The summed E-state index contributed by atoms with van der Waals surface area (Å²) in [5, 5.41) is 15.1. The Hall–Kier alpha value is -1.50. The summed E-state index contributed by atoms with van der Waals surface area (Å²) in [6.07, 6.45) is 4.01. The van der Waals surface area contributed by atoms with E-state index in [-0.39, 0.29) is 34.0 Å². The van der Waals surface area contributed by atoms with E-state index in [9.17, 15) is 9.90 Å². The number of nitrogens with one attached hydrogen (secondary N) is 1. The molecular weight excluding hydrogens is 545 g/mol. The number of halogens is 3. The first-order valence-electron chi connectivity index (χ1n) is 13.5. The van der Waals surface area contributed by atoms with Gasteiger partial charge < -0.3 is 19.9 Å². The molecule has 0 amide bonds. The Balaban J connectivity index is 0.00000507. The monoisotopic (exact) mass is 585 g/mol. The zero-order valence-electron chi connectivity index (χ0n) is 23.1. The normalized spacial score (nSPS) is 15.8. The van der Waals surface area contributed by atoms with Crippen LogP contribution in [-0.4, -0.2) is 42.0 Å². The van der Waals surface area contributed by atoms with Crippen LogP contribution in [0, 0.1) is 5.92 Å². The molecule has 1 unspecified atom stereocenters. The van der Waals surface area contributed by atoms with Gasteiger partial charge in [-0.05, 0) is 81.5 Å². The van der Waals surface area contributed by atoms with Crippen LogP contribution in [0.1, 0.15) is 76.5 Å². The molecule has 0 radical (unpaired) electrons. The number of β-amino-alcohol motifs (C(OH)–C–C–N with tert-alkyl or cyclic N) is 1. The van der Waals surface area contributed by atoms with E-state index in [4.69, 9.17) is 32.7 Å². The predicted octanol–water partition coefficient (Wildman–Crippen LogP) is 7.16. The Bertz CT molecular complexity index is 1030. The van der Waals surface area contributed by atoms with Crippen LogP contribution in [0.4, 0.5) is 0 Å². The SMILES string of the molecule is CCOC(=O)C(C)c1ccc(O[C@@H](C)[C@@H](O)CNC(CC)(CC)CC2Cc3ccccc3C2)c(Cl)c1Cl.Cl. The van der Waals surface area contributed by atoms with Crippen molar-refractivity contribution in [3.05, 3.63) is 63.1 Å². The molecule has 0 spiro atoms. The van der Waals surface area contributed by atoms with E-state index >= 15 is 0 Å². The number of carbonyl (C=O) groups is 1. The van der Waals surface area contributed by atoms with Crippen LogP contribution in [0.5, 0.6) is 5.75 Å². The Morgan fingerprint density at radius 3 is 2.21 bits per heavy atom. The second-order valence-corrected chi connectivity index (χ2v) is 11.0. The van der Waals surface area contributed by atoms with E-state index in [0.29, 0.717) is 30.4 Å². The Morgan fingerprint density at radius 1 is 1.05 bits per heavy atom. The maximum atomic E-state index is 12.1. The number of hydrogen-bond donors (Lipinski definition) is 2. The number of aliphatic hydroxyl groups excluding tert-OH is 1. The number of ether oxygens (including phenoxy) is 2. The molecule has 3 atom stereocenters. The van der Waals surface area contributed by atoms with Gasteiger partial charge in [-0.1, -0.05) is 67.4 Å². The molecule has 212 valence electrons. The lowest BCUT2D eigenvalue weighted by atomic mass is 9.81. The molecule has 2 N–H and O–H groups in total. The number of carbonyl (C=O) groups excluding carboxylic acids is 1. The first-order valence-corrected chi connectivity index (χ1v) is 14.2. The molecule has 0 bridgehead atoms. The Labute approximate surface area is 244 Å². The third-order valence-electron chi connectivity index (χ3n) is 7.89. The highest BCUT2D eigenvalue weighted by Gasteiger charge is 2.33. The number of aliphatic hydroxyl groups is 1. The first kappa shape index (κ1) is 32.7. The van der Waals surface area contributed by atoms with Gasteiger partial charge in [0.25, 0.3) is 0 Å². The van der Waals surface area contributed by atoms with Crippen molar-refractivity contribution < 1.29 is 19.4 Å². The van der Waals surface area contributed by atoms with Crippen LogP contribution < -0.4 is 10.1 Å². The van der Waals surface area contributed by atoms with E-state index < -0.39 is 18.1 Å². The molecule has 0 heterocycles. The van der Waals surface area contributed by atoms with Gasteiger partial charge in [-0.25, -0.2) is 0 Å². The first-order chi connectivity index (χ1) is 17.6. The van der Waals surface area contributed by atoms with Crippen molar-refractivity contribution in [1.29, 1.82) is 0 Å². The van der Waals surface area contributed by atoms with Crippen molar-refractivity contribution in [2.45, 2.75) is 90.4 Å². The largest absolute Gasteiger partial charge is 0.486 e. The molecule has 0 aliphatic heterocycles. The second-order valence-electron chi connectivity index (χ2n) is 10.3. The fourth-order valence-corrected chi connectivity index (χ4v) is 5.88. The summed E-state index contributed by atoms with van der Waals surface area (Å²) < 4.78 is 11.1. The molecule has 5 nitrogen and oxygen atoms in total. The van der Waals surface area contributed by atoms with E-state index in [1.807, 2.05) is 6.92 Å². The molecule has 38 heavy (non-hydrogen) atoms. The topological polar surface area (TPSA) is 67.8 Å². The van der Waals surface area contributed by atoms with Gasteiger partial charge in [0.15, 0.2) is 0 Å². The maximum Gasteiger partial charge on any atom is 0.313 e. The van der Waals surface area contributed by atoms with Gasteiger partial charge in [0, 0.05) is 12.1 Å². The summed E-state index contributed by atoms with van der Waals surface area (Å²) in [7, 11) is 0. The molecule has 3 rings (SSSR count). The lowest BCUT2D eigenvalue weighted by Gasteiger charge is -2.37. The number of fused-ring (bicyclic) bond motifs is 1. The van der Waals surface area contributed by atoms with Crippen LogP contribution in [0.3, 0.4) is 0 Å². The standard InChI is InChI=1S/C30H41Cl2NO4.ClH/c1-6-30(7-2,17-21-15-22-11-9-10-12-23(22)16-21)33-18-25(34)20(5)37-26-14-13-24(27(31)28(26)32)19(4)29(35)36-8-3;/h9-14,19-21,25,33-34H,6-8,15-18H2,1-5H3;1H/t19?,20-,25-;/m0./s1. The van der Waals surface area contributed by atoms with Crippen molar-refractivity contribution in [3.8, 4) is 5.75 Å². The van der Waals surface area contributed by atoms with Crippen LogP contribution in [0.15, 0.2) is 36.4 Å². The van der Waals surface area contributed by atoms with Crippen LogP contribution in [0.2, 0.25) is 10.0 Å². The average Bonchev–Trinajstić information content (AvgIpc) is 3.31. The minimum atomic E-state index is -0.744. The number of benzene rings is 2. The lowest BCUT2D eigenvalue weighted by Crippen LogP contribution is -2.51. The smallest absolute Gasteiger partial charge is 0.313 e. The minimum absolute atomic E-state index is 0. The van der Waals surface area contributed by atoms with Crippen molar-refractivity contribution >= 4 is 41.6 Å². The highest BCUT2D eigenvalue weighted by atomic mass is 35.5. The highest BCUT2D eigenvalue weighted by Crippen LogP contribution is 2.39. The molecule has 0 aromatic heterocycles. The van der Waals surface area contributed by atoms with Gasteiger partial charge in [-0.3, -0.25) is 4.79 Å². The second kappa shape index (κ2) is 14.8. The van der Waals surface area contributed by atoms with E-state index in [2.05, 4.69) is 43.4 Å². The quantitative estimate of drug-likeness (QED) is 0.244. The third kappa shape index (κ3) is 7.79. The fourth-order valence-electron chi connectivity index (χ4n) is 5.34. The zero-order chi connectivity index (χ0) is 27.2. The molecule has 1 aliphatic rings. The summed E-state index contributed by atoms with van der Waals surface area (Å²) >= 11 is 13.0. The van der Waals surface area contributed by atoms with Gasteiger partial charge in [0.2, 0.25) is 0 Å². The van der Waals surface area contributed by atoms with Crippen molar-refractivity contribution in [2.24, 2.45) is 5.92 Å². The van der Waals surface area contributed by atoms with Crippen molar-refractivity contribution in [3.63, 3.8) is 0 Å². The predicted molar refractivity (Wildman–Crippen MR) is 158 cm³/mol. The summed E-state index contributed by atoms with van der Waals surface area (Å²) in [6, 6.07) is 12.1. The maximum absolute atomic E-state index is 12.1. The Morgan fingerprint density at radius 2 is 1.66 bits per heavy atom. The molecule has 2 aromatic carbocycles. The summed E-state index contributed by atoms with van der Waals surface area (Å²) in [6.45, 7) is 10.4. The molecule has 1 aliphatic carbocycles. The van der Waals surface area contributed by atoms with Crippen LogP contribution in [0.25, 0.3) is 0 Å². The van der Waals surface area contributed by atoms with Gasteiger partial charge in [-0.2, -0.15) is 0 Å². The zero-order valence-corrected chi connectivity index (χ0v) is 25.4. The van der Waals surface area contributed by atoms with Gasteiger partial charge in [0.05, 0.1) is 17.5 Å². The molecule has 2 aromatic rings. The van der Waals surface area contributed by atoms with Gasteiger partial charge >= 0.3 is 5.97 Å². The summed E-state index contributed by atoms with van der Waals surface area (Å²) in [5.74, 6) is 0.0713. The number of esters is 1. The summed E-state index contributed by atoms with van der Waals surface area (Å²) in [5.41, 5.74) is 3.47. The number of hydrogen-bond acceptors (Lipinski definition) is 5. The Kier molecular flexibility index (Phi) is 12.7. The van der Waals surface area contributed by atoms with Gasteiger partial charge in [-0.15, -0.1) is 12.4 Å². The van der Waals surface area contributed by atoms with Gasteiger partial charge in [0.1, 0.15) is 23.0 Å². The lowest BCUT2D eigenvalue weighted by molar-refractivity contribution is -0.144. The molecular formula is C30H42Cl3NO4. The van der Waals surface area contributed by atoms with E-state index in [0.717, 1.165) is 32.1 Å². The fraction of sp³-hybridized carbons (Fsp3) is 0.567.